The molecule has 2 fully saturated rings. The van der Waals surface area contributed by atoms with Gasteiger partial charge in [-0.15, -0.1) is 6.61 Å². The van der Waals surface area contributed by atoms with Crippen molar-refractivity contribution in [3.63, 3.8) is 0 Å². The molecule has 2 aromatic rings. The number of aliphatic imine (C=N–C) groups is 3. The van der Waals surface area contributed by atoms with E-state index in [9.17, 15) is 53.2 Å². The smallest absolute Gasteiger partial charge is 2.00 e. The van der Waals surface area contributed by atoms with E-state index in [1.807, 2.05) is 80.5 Å². The fourth-order valence-electron chi connectivity index (χ4n) is 15.4. The number of imidazole rings is 1. The average Bonchev–Trinajstić information content (AvgIpc) is 1.53. The van der Waals surface area contributed by atoms with Crippen LogP contribution in [0.25, 0.3) is 11.0 Å². The van der Waals surface area contributed by atoms with Crippen LogP contribution >= 0.6 is 7.82 Å². The minimum atomic E-state index is -5.39. The van der Waals surface area contributed by atoms with Crippen molar-refractivity contribution in [2.75, 3.05) is 13.2 Å². The molecular weight excluding hydrogens is 1270 g/mol. The first-order valence-electron chi connectivity index (χ1n) is 30.7. The number of nitrogens with zero attached hydrogens (tertiary/aromatic N) is 6. The summed E-state index contributed by atoms with van der Waals surface area (Å²) in [7, 11) is -5.39. The number of ether oxygens (including phenoxy) is 1. The van der Waals surface area contributed by atoms with Gasteiger partial charge < -0.3 is 78.5 Å². The number of fused-ring (bicyclic) bond motifs is 7. The first-order chi connectivity index (χ1) is 42.8. The van der Waals surface area contributed by atoms with Crippen molar-refractivity contribution in [3.8, 4) is 0 Å². The molecule has 509 valence electrons. The molecule has 15 atom stereocenters. The summed E-state index contributed by atoms with van der Waals surface area (Å²) >= 11 is 0. The molecule has 0 saturated carbocycles. The Morgan fingerprint density at radius 2 is 1.40 bits per heavy atom. The Morgan fingerprint density at radius 3 is 1.97 bits per heavy atom. The predicted molar refractivity (Wildman–Crippen MR) is 329 cm³/mol. The number of benzene rings is 1. The van der Waals surface area contributed by atoms with Gasteiger partial charge in [0.2, 0.25) is 41.4 Å². The minimum Gasteiger partial charge on any atom is 2.00 e. The Bertz CT molecular complexity index is 3600. The van der Waals surface area contributed by atoms with Crippen LogP contribution in [-0.4, -0.2) is 117 Å². The number of nitrogens with two attached hydrogens (primary N) is 6. The number of carbonyl (C=O) groups is 7. The molecule has 0 spiro atoms. The third kappa shape index (κ3) is 14.7. The molecule has 8 rings (SSSR count). The van der Waals surface area contributed by atoms with Crippen LogP contribution in [0.2, 0.25) is 0 Å². The quantitative estimate of drug-likeness (QED) is 0.0484. The summed E-state index contributed by atoms with van der Waals surface area (Å²) in [5.74, 6) is -7.32. The van der Waals surface area contributed by atoms with Crippen LogP contribution in [0.15, 0.2) is 67.8 Å². The maximum Gasteiger partial charge on any atom is 2.00 e. The van der Waals surface area contributed by atoms with Crippen molar-refractivity contribution in [2.24, 2.45) is 94.7 Å². The number of allylic oxidation sites excluding steroid dienone is 6. The molecule has 2 saturated heterocycles. The summed E-state index contributed by atoms with van der Waals surface area (Å²) in [4.78, 5) is 128. The third-order valence-electron chi connectivity index (χ3n) is 20.5. The number of phosphoric ester groups is 1. The number of aryl methyl sites for hydroxylation is 2. The van der Waals surface area contributed by atoms with Gasteiger partial charge in [0.25, 0.3) is 7.82 Å². The summed E-state index contributed by atoms with van der Waals surface area (Å²) in [6.07, 6.45) is -5.54. The number of phosphoric acid groups is 1. The monoisotopic (exact) mass is 1360 g/mol. The Hall–Kier alpha value is -6.82. The second-order valence-electron chi connectivity index (χ2n) is 27.0. The van der Waals surface area contributed by atoms with E-state index in [0.717, 1.165) is 11.1 Å². The fraction of sp³-hybridized carbons (Fsp3) is 0.629. The van der Waals surface area contributed by atoms with Crippen LogP contribution in [0.3, 0.4) is 0 Å². The van der Waals surface area contributed by atoms with Gasteiger partial charge in [0, 0.05) is 131 Å². The number of amides is 7. The van der Waals surface area contributed by atoms with Gasteiger partial charge in [0.05, 0.1) is 47.3 Å². The van der Waals surface area contributed by atoms with Gasteiger partial charge in [0.15, 0.2) is 0 Å². The second kappa shape index (κ2) is 28.6. The van der Waals surface area contributed by atoms with E-state index in [1.54, 1.807) is 6.92 Å². The van der Waals surface area contributed by atoms with Crippen molar-refractivity contribution in [2.45, 2.75) is 189 Å². The molecule has 1 aromatic carbocycles. The zero-order valence-corrected chi connectivity index (χ0v) is 56.3. The molecule has 7 amide bonds. The maximum absolute atomic E-state index is 14.3. The van der Waals surface area contributed by atoms with Crippen molar-refractivity contribution in [1.82, 2.24) is 20.2 Å². The molecule has 7 heterocycles. The molecule has 29 nitrogen and oxygen atoms in total. The normalized spacial score (nSPS) is 33.1. The van der Waals surface area contributed by atoms with Gasteiger partial charge in [-0.25, -0.2) is 4.98 Å². The van der Waals surface area contributed by atoms with Crippen LogP contribution in [0.1, 0.15) is 150 Å². The van der Waals surface area contributed by atoms with E-state index < -0.39 is 143 Å². The van der Waals surface area contributed by atoms with Gasteiger partial charge in [-0.3, -0.25) is 53.1 Å². The Kier molecular flexibility index (Phi) is 23.2. The fourth-order valence-corrected chi connectivity index (χ4v) is 16.5. The van der Waals surface area contributed by atoms with Crippen LogP contribution in [0, 0.1) is 64.6 Å². The number of primary amides is 6. The molecule has 5 unspecified atom stereocenters. The van der Waals surface area contributed by atoms with E-state index in [4.69, 9.17) is 73.4 Å². The van der Waals surface area contributed by atoms with Crippen molar-refractivity contribution in [1.29, 1.82) is 5.46 Å². The Labute approximate surface area is 549 Å². The Morgan fingerprint density at radius 1 is 0.817 bits per heavy atom. The number of hydrogen-bond donors (Lipinski definition) is 8. The number of aromatic nitrogens is 2. The summed E-state index contributed by atoms with van der Waals surface area (Å²) in [6.45, 7) is 18.7. The number of nitrogens with one attached hydrogen (secondary N) is 2. The summed E-state index contributed by atoms with van der Waals surface area (Å²) in [5.41, 5.74) is 42.7. The summed E-state index contributed by atoms with van der Waals surface area (Å²) < 4.78 is 38.7. The van der Waals surface area contributed by atoms with Crippen LogP contribution in [-0.2, 0) is 73.5 Å². The van der Waals surface area contributed by atoms with Gasteiger partial charge in [-0.1, -0.05) is 34.6 Å². The SMILES string of the molecule is C/C1=C2N=C(/C=C3\N/C(=C(/C)C4=NC(C)(C5N=C1[C@](C)(CCC(=O)NCC(C)OP(=O)([O-])O[C@H]1[C@@H]([O-])[C@@H](n6cnc7cc(C)c(C)cc76)O[C@@H]1C[O-])C5CC(N)=O)[C@@](C)(CC(N)=O)[C@@H]4CCC(N)=O)[C@@](C)(CC(N)=O)[C@@H]3CCC(N)=O)C(C)(C)[C@@H]/2CCC(N)=O.N#[O+].[Co+2]. The summed E-state index contributed by atoms with van der Waals surface area (Å²) in [5, 5.41) is 32.6. The molecular formula is C62H87CoN14O15P. The molecule has 1 aromatic heterocycles. The zero-order valence-electron chi connectivity index (χ0n) is 54.3. The van der Waals surface area contributed by atoms with E-state index in [0.29, 0.717) is 56.4 Å². The van der Waals surface area contributed by atoms with Gasteiger partial charge in [-0.2, -0.15) is 0 Å². The minimum absolute atomic E-state index is 0. The molecule has 8 bridgehead atoms. The first-order valence-corrected chi connectivity index (χ1v) is 32.1. The molecule has 14 N–H and O–H groups in total. The van der Waals surface area contributed by atoms with E-state index in [-0.39, 0.29) is 94.0 Å². The molecule has 0 aliphatic carbocycles. The largest absolute Gasteiger partial charge is 2.00 e. The second-order valence-corrected chi connectivity index (χ2v) is 28.3. The van der Waals surface area contributed by atoms with Crippen molar-refractivity contribution >= 4 is 77.3 Å². The average molecular weight is 1360 g/mol. The molecule has 6 aliphatic rings. The van der Waals surface area contributed by atoms with E-state index in [1.165, 1.54) is 17.8 Å². The number of carbonyl (C=O) groups excluding carboxylic acids is 7. The third-order valence-corrected chi connectivity index (χ3v) is 21.7. The first kappa shape index (κ1) is 75.2. The Balaban J connectivity index is 0.00000453. The molecule has 1 radical (unpaired) electrons. The molecule has 31 heteroatoms. The van der Waals surface area contributed by atoms with Gasteiger partial charge in [0.1, 0.15) is 6.23 Å². The standard InChI is InChI=1S/C62H88N13O14P.Co.NO/c1-29-20-39-40(21-30(29)2)75(28-70-39)57-52(84)53(41(27-76)87-57)89-90(85,86)88-31(3)26-69-49(83)18-19-59(8)37(22-46(66)80)56-62(11)61(10,25-48(68)82)36(14-17-45(65)79)51(74-62)33(5)55-60(9,24-47(67)81)34(12-15-43(63)77)38(71-55)23-42-58(6,7)35(13-16-44(64)78)50(72-42)32(4)54(59)73-56;;1-2/h20-21,23,28,31,34-37,41,52-53,56-57,71H,12-19,22,24-27H2,1-11H3,(H2,63,77)(H2,64,78)(H2,65,79)(H2,66,80)(H2,67,81)(H2,68,82)(H,69,83)(H,85,86);;/q-2;+2;+1/p-1/b38-23-,50-32-,55-33-;;/t31?,34-,35-,36-,37?,41-,52-,53-,56?,57+,59-,60+,61+,62?;;/m1../s1. The predicted octanol–water partition coefficient (Wildman–Crippen LogP) is 1.16. The summed E-state index contributed by atoms with van der Waals surface area (Å²) in [6, 6.07) is 2.58. The number of rotatable bonds is 26. The van der Waals surface area contributed by atoms with Crippen LogP contribution in [0.4, 0.5) is 0 Å². The van der Waals surface area contributed by atoms with Crippen molar-refractivity contribution < 1.29 is 88.6 Å². The zero-order chi connectivity index (χ0) is 68.7. The van der Waals surface area contributed by atoms with Crippen LogP contribution < -0.4 is 60.1 Å². The molecule has 93 heavy (non-hydrogen) atoms. The van der Waals surface area contributed by atoms with E-state index >= 15 is 0 Å². The van der Waals surface area contributed by atoms with Gasteiger partial charge >= 0.3 is 27.0 Å². The molecule has 6 aliphatic heterocycles. The topological polar surface area (TPSA) is 512 Å². The van der Waals surface area contributed by atoms with E-state index in [2.05, 4.69) is 15.6 Å². The van der Waals surface area contributed by atoms with Gasteiger partial charge in [-0.05, 0) is 114 Å². The number of hydrogen-bond acceptors (Lipinski definition) is 20. The van der Waals surface area contributed by atoms with Crippen LogP contribution in [0.5, 0.6) is 0 Å². The van der Waals surface area contributed by atoms with Crippen molar-refractivity contribution in [3.05, 3.63) is 63.9 Å². The maximum atomic E-state index is 14.3.